The van der Waals surface area contributed by atoms with Gasteiger partial charge in [0.25, 0.3) is 5.91 Å². The minimum Gasteiger partial charge on any atom is -0.396 e. The number of carbonyl (C=O) groups excluding carboxylic acids is 1. The molecule has 1 fully saturated rings. The minimum atomic E-state index is -0.0350. The first-order valence-corrected chi connectivity index (χ1v) is 7.19. The number of nitrogens with one attached hydrogen (secondary N) is 1. The van der Waals surface area contributed by atoms with Crippen molar-refractivity contribution in [2.45, 2.75) is 25.3 Å². The number of amides is 1. The van der Waals surface area contributed by atoms with Crippen molar-refractivity contribution >= 4 is 16.7 Å². The summed E-state index contributed by atoms with van der Waals surface area (Å²) >= 11 is 0. The van der Waals surface area contributed by atoms with Crippen molar-refractivity contribution in [2.24, 2.45) is 5.92 Å². The third kappa shape index (κ3) is 2.41. The SMILES string of the molecule is O=C(NC1CCCC1CO)c1cccc2ccccc12. The van der Waals surface area contributed by atoms with E-state index in [9.17, 15) is 9.90 Å². The van der Waals surface area contributed by atoms with Crippen molar-refractivity contribution in [3.05, 3.63) is 48.0 Å². The lowest BCUT2D eigenvalue weighted by atomic mass is 10.0. The molecule has 1 aliphatic carbocycles. The number of benzene rings is 2. The van der Waals surface area contributed by atoms with Gasteiger partial charge in [0.2, 0.25) is 0 Å². The van der Waals surface area contributed by atoms with Gasteiger partial charge in [-0.2, -0.15) is 0 Å². The molecule has 0 saturated heterocycles. The van der Waals surface area contributed by atoms with Crippen molar-refractivity contribution in [2.75, 3.05) is 6.61 Å². The summed E-state index contributed by atoms with van der Waals surface area (Å²) in [6, 6.07) is 13.8. The molecule has 2 unspecified atom stereocenters. The Morgan fingerprint density at radius 1 is 1.15 bits per heavy atom. The standard InChI is InChI=1S/C17H19NO2/c19-11-13-7-4-10-16(13)18-17(20)15-9-3-6-12-5-1-2-8-14(12)15/h1-3,5-6,8-9,13,16,19H,4,7,10-11H2,(H,18,20). The smallest absolute Gasteiger partial charge is 0.252 e. The number of aliphatic hydroxyl groups is 1. The maximum Gasteiger partial charge on any atom is 0.252 e. The van der Waals surface area contributed by atoms with Crippen LogP contribution in [-0.2, 0) is 0 Å². The van der Waals surface area contributed by atoms with Gasteiger partial charge in [0.1, 0.15) is 0 Å². The van der Waals surface area contributed by atoms with Crippen LogP contribution >= 0.6 is 0 Å². The van der Waals surface area contributed by atoms with Crippen LogP contribution in [0.2, 0.25) is 0 Å². The first-order chi connectivity index (χ1) is 9.79. The van der Waals surface area contributed by atoms with E-state index in [-0.39, 0.29) is 24.5 Å². The number of carbonyl (C=O) groups is 1. The molecule has 0 spiro atoms. The molecule has 3 nitrogen and oxygen atoms in total. The zero-order chi connectivity index (χ0) is 13.9. The highest BCUT2D eigenvalue weighted by Crippen LogP contribution is 2.26. The molecule has 1 saturated carbocycles. The third-order valence-electron chi connectivity index (χ3n) is 4.24. The monoisotopic (exact) mass is 269 g/mol. The minimum absolute atomic E-state index is 0.0350. The Morgan fingerprint density at radius 2 is 1.95 bits per heavy atom. The van der Waals surface area contributed by atoms with Crippen molar-refractivity contribution in [1.29, 1.82) is 0 Å². The third-order valence-corrected chi connectivity index (χ3v) is 4.24. The van der Waals surface area contributed by atoms with E-state index in [2.05, 4.69) is 5.32 Å². The van der Waals surface area contributed by atoms with Crippen LogP contribution in [0.4, 0.5) is 0 Å². The Hall–Kier alpha value is -1.87. The molecule has 2 atom stereocenters. The first kappa shape index (κ1) is 13.1. The van der Waals surface area contributed by atoms with Crippen LogP contribution < -0.4 is 5.32 Å². The van der Waals surface area contributed by atoms with Gasteiger partial charge >= 0.3 is 0 Å². The molecule has 0 radical (unpaired) electrons. The molecule has 3 rings (SSSR count). The highest BCUT2D eigenvalue weighted by molar-refractivity contribution is 6.07. The average Bonchev–Trinajstić information content (AvgIpc) is 2.93. The summed E-state index contributed by atoms with van der Waals surface area (Å²) in [4.78, 5) is 12.5. The Labute approximate surface area is 118 Å². The van der Waals surface area contributed by atoms with E-state index in [1.54, 1.807) is 0 Å². The summed E-state index contributed by atoms with van der Waals surface area (Å²) in [6.07, 6.45) is 3.03. The fraction of sp³-hybridized carbons (Fsp3) is 0.353. The first-order valence-electron chi connectivity index (χ1n) is 7.19. The highest BCUT2D eigenvalue weighted by Gasteiger charge is 2.28. The number of fused-ring (bicyclic) bond motifs is 1. The van der Waals surface area contributed by atoms with E-state index >= 15 is 0 Å². The molecule has 1 aliphatic rings. The zero-order valence-corrected chi connectivity index (χ0v) is 11.4. The predicted octanol–water partition coefficient (Wildman–Crippen LogP) is 2.73. The molecular formula is C17H19NO2. The van der Waals surface area contributed by atoms with Crippen LogP contribution in [-0.4, -0.2) is 23.7 Å². The second-order valence-corrected chi connectivity index (χ2v) is 5.48. The molecule has 3 heteroatoms. The van der Waals surface area contributed by atoms with E-state index in [1.807, 2.05) is 42.5 Å². The molecule has 0 bridgehead atoms. The summed E-state index contributed by atoms with van der Waals surface area (Å²) in [5.74, 6) is 0.168. The van der Waals surface area contributed by atoms with Gasteiger partial charge in [-0.1, -0.05) is 42.8 Å². The largest absolute Gasteiger partial charge is 0.396 e. The maximum atomic E-state index is 12.5. The summed E-state index contributed by atoms with van der Waals surface area (Å²) in [7, 11) is 0. The lowest BCUT2D eigenvalue weighted by molar-refractivity contribution is 0.0918. The Bertz CT molecular complexity index is 618. The van der Waals surface area contributed by atoms with E-state index < -0.39 is 0 Å². The van der Waals surface area contributed by atoms with E-state index in [1.165, 1.54) is 0 Å². The second kappa shape index (κ2) is 5.63. The zero-order valence-electron chi connectivity index (χ0n) is 11.4. The summed E-state index contributed by atoms with van der Waals surface area (Å²) in [6.45, 7) is 0.153. The van der Waals surface area contributed by atoms with Gasteiger partial charge in [-0.3, -0.25) is 4.79 Å². The number of aliphatic hydroxyl groups excluding tert-OH is 1. The Kier molecular flexibility index (Phi) is 3.70. The molecular weight excluding hydrogens is 250 g/mol. The Balaban J connectivity index is 1.86. The molecule has 1 amide bonds. The van der Waals surface area contributed by atoms with E-state index in [0.717, 1.165) is 30.0 Å². The van der Waals surface area contributed by atoms with E-state index in [4.69, 9.17) is 0 Å². The summed E-state index contributed by atoms with van der Waals surface area (Å²) in [5.41, 5.74) is 0.715. The fourth-order valence-corrected chi connectivity index (χ4v) is 3.11. The molecule has 0 aliphatic heterocycles. The quantitative estimate of drug-likeness (QED) is 0.900. The molecule has 0 aromatic heterocycles. The van der Waals surface area contributed by atoms with Crippen molar-refractivity contribution in [3.63, 3.8) is 0 Å². The summed E-state index contributed by atoms with van der Waals surface area (Å²) < 4.78 is 0. The topological polar surface area (TPSA) is 49.3 Å². The predicted molar refractivity (Wildman–Crippen MR) is 79.6 cm³/mol. The van der Waals surface area contributed by atoms with Gasteiger partial charge in [-0.05, 0) is 29.7 Å². The van der Waals surface area contributed by atoms with Crippen LogP contribution in [0.5, 0.6) is 0 Å². The average molecular weight is 269 g/mol. The molecule has 2 aromatic carbocycles. The molecule has 2 aromatic rings. The molecule has 0 heterocycles. The lowest BCUT2D eigenvalue weighted by Crippen LogP contribution is -2.38. The van der Waals surface area contributed by atoms with Gasteiger partial charge in [-0.25, -0.2) is 0 Å². The molecule has 20 heavy (non-hydrogen) atoms. The lowest BCUT2D eigenvalue weighted by Gasteiger charge is -2.19. The van der Waals surface area contributed by atoms with Crippen LogP contribution in [0.3, 0.4) is 0 Å². The van der Waals surface area contributed by atoms with Crippen LogP contribution in [0.15, 0.2) is 42.5 Å². The van der Waals surface area contributed by atoms with Gasteiger partial charge in [0, 0.05) is 24.1 Å². The van der Waals surface area contributed by atoms with E-state index in [0.29, 0.717) is 5.56 Å². The second-order valence-electron chi connectivity index (χ2n) is 5.48. The normalized spacial score (nSPS) is 22.1. The maximum absolute atomic E-state index is 12.5. The number of hydrogen-bond acceptors (Lipinski definition) is 2. The molecule has 104 valence electrons. The Morgan fingerprint density at radius 3 is 2.80 bits per heavy atom. The number of rotatable bonds is 3. The van der Waals surface area contributed by atoms with Crippen LogP contribution in [0.25, 0.3) is 10.8 Å². The van der Waals surface area contributed by atoms with Crippen LogP contribution in [0, 0.1) is 5.92 Å². The van der Waals surface area contributed by atoms with Crippen molar-refractivity contribution < 1.29 is 9.90 Å². The van der Waals surface area contributed by atoms with Crippen molar-refractivity contribution in [1.82, 2.24) is 5.32 Å². The van der Waals surface area contributed by atoms with Gasteiger partial charge in [0.05, 0.1) is 0 Å². The highest BCUT2D eigenvalue weighted by atomic mass is 16.3. The summed E-state index contributed by atoms with van der Waals surface area (Å²) in [5, 5.41) is 14.5. The van der Waals surface area contributed by atoms with Crippen molar-refractivity contribution in [3.8, 4) is 0 Å². The number of hydrogen-bond donors (Lipinski definition) is 2. The van der Waals surface area contributed by atoms with Crippen LogP contribution in [0.1, 0.15) is 29.6 Å². The molecule has 2 N–H and O–H groups in total. The van der Waals surface area contributed by atoms with Gasteiger partial charge < -0.3 is 10.4 Å². The fourth-order valence-electron chi connectivity index (χ4n) is 3.11. The van der Waals surface area contributed by atoms with Gasteiger partial charge in [0.15, 0.2) is 0 Å². The van der Waals surface area contributed by atoms with Gasteiger partial charge in [-0.15, -0.1) is 0 Å².